The maximum Gasteiger partial charge on any atom is 0.432 e. The molecule has 0 heterocycles. The second kappa shape index (κ2) is 9.20. The van der Waals surface area contributed by atoms with Gasteiger partial charge in [-0.2, -0.15) is 13.9 Å². The van der Waals surface area contributed by atoms with Crippen LogP contribution >= 0.6 is 0 Å². The zero-order chi connectivity index (χ0) is 19.1. The van der Waals surface area contributed by atoms with Gasteiger partial charge in [-0.3, -0.25) is 0 Å². The van der Waals surface area contributed by atoms with E-state index in [4.69, 9.17) is 4.74 Å². The first-order valence-corrected chi connectivity index (χ1v) is 9.98. The van der Waals surface area contributed by atoms with Crippen molar-refractivity contribution in [2.75, 3.05) is 0 Å². The molecule has 0 aliphatic carbocycles. The van der Waals surface area contributed by atoms with Crippen molar-refractivity contribution >= 4 is 16.2 Å². The predicted molar refractivity (Wildman–Crippen MR) is 96.7 cm³/mol. The van der Waals surface area contributed by atoms with E-state index in [1.165, 1.54) is 6.07 Å². The summed E-state index contributed by atoms with van der Waals surface area (Å²) in [5, 5.41) is 0. The molecule has 0 atom stereocenters. The Morgan fingerprint density at radius 1 is 1.16 bits per heavy atom. The quantitative estimate of drug-likeness (QED) is 0.545. The van der Waals surface area contributed by atoms with Crippen LogP contribution in [0.2, 0.25) is 0 Å². The van der Waals surface area contributed by atoms with Crippen LogP contribution in [0.25, 0.3) is 0 Å². The van der Waals surface area contributed by atoms with Crippen molar-refractivity contribution in [1.82, 2.24) is 5.48 Å². The molecule has 7 heteroatoms. The monoisotopic (exact) mass is 371 g/mol. The third-order valence-electron chi connectivity index (χ3n) is 3.42. The lowest BCUT2D eigenvalue weighted by Crippen LogP contribution is -2.34. The van der Waals surface area contributed by atoms with Crippen LogP contribution in [-0.4, -0.2) is 20.1 Å². The number of rotatable bonds is 8. The summed E-state index contributed by atoms with van der Waals surface area (Å²) in [5.74, 6) is 0. The minimum atomic E-state index is -4.11. The van der Waals surface area contributed by atoms with Crippen molar-refractivity contribution in [3.05, 3.63) is 29.3 Å². The number of unbranched alkanes of at least 4 members (excludes halogenated alkanes) is 3. The van der Waals surface area contributed by atoms with E-state index in [2.05, 4.69) is 11.2 Å². The fourth-order valence-corrected chi connectivity index (χ4v) is 3.31. The molecule has 1 rings (SSSR count). The third kappa shape index (κ3) is 7.88. The van der Waals surface area contributed by atoms with Gasteiger partial charge in [-0.15, -0.1) is 4.28 Å². The number of ether oxygens (including phenoxy) is 1. The highest BCUT2D eigenvalue weighted by atomic mass is 32.2. The van der Waals surface area contributed by atoms with Crippen molar-refractivity contribution in [1.29, 1.82) is 0 Å². The average molecular weight is 371 g/mol. The van der Waals surface area contributed by atoms with Crippen LogP contribution in [0.15, 0.2) is 23.1 Å². The molecule has 0 unspecified atom stereocenters. The molecule has 0 bridgehead atoms. The maximum atomic E-state index is 12.4. The van der Waals surface area contributed by atoms with Gasteiger partial charge >= 0.3 is 16.2 Å². The zero-order valence-corrected chi connectivity index (χ0v) is 16.5. The van der Waals surface area contributed by atoms with Gasteiger partial charge in [0, 0.05) is 0 Å². The normalized spacial score (nSPS) is 12.0. The summed E-state index contributed by atoms with van der Waals surface area (Å²) in [5.41, 5.74) is 2.78. The smallest absolute Gasteiger partial charge is 0.432 e. The number of hydroxylamine groups is 1. The van der Waals surface area contributed by atoms with E-state index in [0.717, 1.165) is 31.2 Å². The fraction of sp³-hybridized carbons (Fsp3) is 0.611. The van der Waals surface area contributed by atoms with Crippen LogP contribution in [0, 0.1) is 6.92 Å². The third-order valence-corrected chi connectivity index (χ3v) is 4.66. The van der Waals surface area contributed by atoms with Gasteiger partial charge in [0.1, 0.15) is 5.60 Å². The molecule has 0 aromatic heterocycles. The number of benzene rings is 1. The van der Waals surface area contributed by atoms with E-state index in [1.807, 2.05) is 18.5 Å². The largest absolute Gasteiger partial charge is 0.442 e. The van der Waals surface area contributed by atoms with Gasteiger partial charge in [0.2, 0.25) is 0 Å². The molecule has 1 amide bonds. The zero-order valence-electron chi connectivity index (χ0n) is 15.7. The molecule has 0 fully saturated rings. The number of carbonyl (C=O) groups is 1. The SMILES string of the molecule is CCCCCCc1cc(C)ccc1S(=O)(=O)ONC(=O)OC(C)(C)C. The Labute approximate surface area is 151 Å². The van der Waals surface area contributed by atoms with Crippen molar-refractivity contribution in [3.8, 4) is 0 Å². The molecule has 1 N–H and O–H groups in total. The second-order valence-corrected chi connectivity index (χ2v) is 8.58. The van der Waals surface area contributed by atoms with Crippen LogP contribution in [0.3, 0.4) is 0 Å². The Balaban J connectivity index is 2.84. The highest BCUT2D eigenvalue weighted by Gasteiger charge is 2.23. The van der Waals surface area contributed by atoms with Crippen LogP contribution in [0.4, 0.5) is 4.79 Å². The lowest BCUT2D eigenvalue weighted by molar-refractivity contribution is 0.0298. The first kappa shape index (κ1) is 21.4. The van der Waals surface area contributed by atoms with Gasteiger partial charge < -0.3 is 4.74 Å². The summed E-state index contributed by atoms with van der Waals surface area (Å²) in [7, 11) is -4.11. The molecule has 1 aromatic rings. The van der Waals surface area contributed by atoms with Crippen molar-refractivity contribution in [3.63, 3.8) is 0 Å². The predicted octanol–water partition coefficient (Wildman–Crippen LogP) is 4.26. The number of amides is 1. The van der Waals surface area contributed by atoms with Crippen molar-refractivity contribution in [2.45, 2.75) is 77.2 Å². The standard InChI is InChI=1S/C18H29NO5S/c1-6-7-8-9-10-15-13-14(2)11-12-16(15)25(21,22)24-19-17(20)23-18(3,4)5/h11-13H,6-10H2,1-5H3,(H,19,20). The Morgan fingerprint density at radius 3 is 2.44 bits per heavy atom. The molecule has 6 nitrogen and oxygen atoms in total. The number of hydrogen-bond donors (Lipinski definition) is 1. The lowest BCUT2D eigenvalue weighted by atomic mass is 10.0. The summed E-state index contributed by atoms with van der Waals surface area (Å²) in [6.07, 6.45) is 3.87. The molecule has 0 aliphatic rings. The van der Waals surface area contributed by atoms with Gasteiger partial charge in [-0.1, -0.05) is 43.9 Å². The molecule has 0 radical (unpaired) electrons. The van der Waals surface area contributed by atoms with Gasteiger partial charge in [0.15, 0.2) is 0 Å². The summed E-state index contributed by atoms with van der Waals surface area (Å²) < 4.78 is 34.5. The summed E-state index contributed by atoms with van der Waals surface area (Å²) in [4.78, 5) is 11.7. The van der Waals surface area contributed by atoms with Crippen LogP contribution < -0.4 is 5.48 Å². The molecule has 1 aromatic carbocycles. The highest BCUT2D eigenvalue weighted by Crippen LogP contribution is 2.21. The average Bonchev–Trinajstić information content (AvgIpc) is 2.48. The molecule has 0 saturated carbocycles. The van der Waals surface area contributed by atoms with Gasteiger partial charge in [-0.25, -0.2) is 4.79 Å². The van der Waals surface area contributed by atoms with E-state index >= 15 is 0 Å². The summed E-state index contributed by atoms with van der Waals surface area (Å²) in [6.45, 7) is 9.06. The Bertz CT molecular complexity index is 677. The van der Waals surface area contributed by atoms with Gasteiger partial charge in [0.05, 0.1) is 4.90 Å². The Hall–Kier alpha value is -1.60. The lowest BCUT2D eigenvalue weighted by Gasteiger charge is -2.19. The van der Waals surface area contributed by atoms with Gasteiger partial charge in [0.25, 0.3) is 0 Å². The number of nitrogens with one attached hydrogen (secondary N) is 1. The topological polar surface area (TPSA) is 81.7 Å². The number of aryl methyl sites for hydroxylation is 2. The highest BCUT2D eigenvalue weighted by molar-refractivity contribution is 7.86. The fourth-order valence-electron chi connectivity index (χ4n) is 2.32. The van der Waals surface area contributed by atoms with E-state index in [9.17, 15) is 13.2 Å². The van der Waals surface area contributed by atoms with Crippen LogP contribution in [0.5, 0.6) is 0 Å². The minimum absolute atomic E-state index is 0.0747. The van der Waals surface area contributed by atoms with Crippen molar-refractivity contribution in [2.24, 2.45) is 0 Å². The maximum absolute atomic E-state index is 12.4. The Morgan fingerprint density at radius 2 is 1.84 bits per heavy atom. The summed E-state index contributed by atoms with van der Waals surface area (Å²) in [6, 6.07) is 5.06. The van der Waals surface area contributed by atoms with E-state index in [-0.39, 0.29) is 4.90 Å². The molecule has 0 saturated heterocycles. The van der Waals surface area contributed by atoms with Gasteiger partial charge in [-0.05, 0) is 52.2 Å². The molecule has 0 aliphatic heterocycles. The van der Waals surface area contributed by atoms with E-state index < -0.39 is 21.8 Å². The Kier molecular flexibility index (Phi) is 7.89. The number of hydrogen-bond acceptors (Lipinski definition) is 5. The summed E-state index contributed by atoms with van der Waals surface area (Å²) >= 11 is 0. The molecule has 0 spiro atoms. The first-order chi connectivity index (χ1) is 11.5. The van der Waals surface area contributed by atoms with E-state index in [0.29, 0.717) is 12.0 Å². The first-order valence-electron chi connectivity index (χ1n) is 8.57. The molecule has 142 valence electrons. The minimum Gasteiger partial charge on any atom is -0.442 e. The molecule has 25 heavy (non-hydrogen) atoms. The van der Waals surface area contributed by atoms with Crippen molar-refractivity contribution < 1.29 is 22.2 Å². The molecular weight excluding hydrogens is 342 g/mol. The van der Waals surface area contributed by atoms with Crippen LogP contribution in [-0.2, 0) is 25.6 Å². The number of carbonyl (C=O) groups excluding carboxylic acids is 1. The second-order valence-electron chi connectivity index (χ2n) is 7.06. The van der Waals surface area contributed by atoms with E-state index in [1.54, 1.807) is 26.8 Å². The molecular formula is C18H29NO5S. The van der Waals surface area contributed by atoms with Crippen LogP contribution in [0.1, 0.15) is 64.5 Å².